The van der Waals surface area contributed by atoms with Crippen molar-refractivity contribution in [2.45, 2.75) is 53.6 Å². The van der Waals surface area contributed by atoms with Crippen molar-refractivity contribution in [2.75, 3.05) is 18.5 Å². The molecule has 0 fully saturated rings. The SMILES string of the molecule is CCOc1cc2nccc(Nc3cccc(CNC(=O)[C@@H](N)C(C)C)c3CC)c2cc1OCC. The third-order valence-corrected chi connectivity index (χ3v) is 5.78. The van der Waals surface area contributed by atoms with Crippen LogP contribution in [0.5, 0.6) is 11.5 Å². The topological polar surface area (TPSA) is 98.5 Å². The van der Waals surface area contributed by atoms with Gasteiger partial charge < -0.3 is 25.8 Å². The average Bonchev–Trinajstić information content (AvgIpc) is 2.83. The number of amides is 1. The molecule has 0 saturated heterocycles. The van der Waals surface area contributed by atoms with Crippen molar-refractivity contribution < 1.29 is 14.3 Å². The Labute approximate surface area is 202 Å². The lowest BCUT2D eigenvalue weighted by Crippen LogP contribution is -2.43. The monoisotopic (exact) mass is 464 g/mol. The summed E-state index contributed by atoms with van der Waals surface area (Å²) in [5.74, 6) is 1.34. The Kier molecular flexibility index (Phi) is 8.71. The summed E-state index contributed by atoms with van der Waals surface area (Å²) < 4.78 is 11.6. The van der Waals surface area contributed by atoms with E-state index >= 15 is 0 Å². The van der Waals surface area contributed by atoms with E-state index in [9.17, 15) is 4.79 Å². The van der Waals surface area contributed by atoms with Crippen LogP contribution in [0, 0.1) is 5.92 Å². The van der Waals surface area contributed by atoms with Gasteiger partial charge in [-0.2, -0.15) is 0 Å². The van der Waals surface area contributed by atoms with E-state index in [1.165, 1.54) is 0 Å². The molecule has 0 unspecified atom stereocenters. The van der Waals surface area contributed by atoms with Gasteiger partial charge in [-0.05, 0) is 55.5 Å². The van der Waals surface area contributed by atoms with E-state index in [0.717, 1.165) is 39.8 Å². The lowest BCUT2D eigenvalue weighted by Gasteiger charge is -2.19. The average molecular weight is 465 g/mol. The molecule has 0 bridgehead atoms. The summed E-state index contributed by atoms with van der Waals surface area (Å²) in [6, 6.07) is 11.4. The number of ether oxygens (including phenoxy) is 2. The standard InChI is InChI=1S/C27H36N4O3/c1-6-19-18(16-30-27(32)26(28)17(4)5)10-9-11-21(19)31-22-12-13-29-23-15-25(34-8-3)24(33-7-2)14-20(22)23/h9-15,17,26H,6-8,16,28H2,1-5H3,(H,29,31)(H,30,32)/t26-/m0/s1. The zero-order chi connectivity index (χ0) is 24.7. The molecule has 0 aliphatic carbocycles. The van der Waals surface area contributed by atoms with Crippen LogP contribution in [0.25, 0.3) is 10.9 Å². The van der Waals surface area contributed by atoms with Crippen molar-refractivity contribution in [3.05, 3.63) is 53.7 Å². The van der Waals surface area contributed by atoms with Gasteiger partial charge in [0.1, 0.15) is 0 Å². The van der Waals surface area contributed by atoms with Crippen molar-refractivity contribution in [3.63, 3.8) is 0 Å². The maximum absolute atomic E-state index is 12.4. The Bertz CT molecular complexity index is 1130. The van der Waals surface area contributed by atoms with Crippen LogP contribution in [-0.4, -0.2) is 30.1 Å². The highest BCUT2D eigenvalue weighted by molar-refractivity contribution is 5.95. The van der Waals surface area contributed by atoms with Gasteiger partial charge in [-0.3, -0.25) is 9.78 Å². The summed E-state index contributed by atoms with van der Waals surface area (Å²) in [4.78, 5) is 16.9. The highest BCUT2D eigenvalue weighted by atomic mass is 16.5. The predicted octanol–water partition coefficient (Wildman–Crippen LogP) is 4.94. The Morgan fingerprint density at radius 1 is 1.03 bits per heavy atom. The predicted molar refractivity (Wildman–Crippen MR) is 138 cm³/mol. The molecule has 1 atom stereocenters. The molecular formula is C27H36N4O3. The summed E-state index contributed by atoms with van der Waals surface area (Å²) in [5, 5.41) is 7.51. The largest absolute Gasteiger partial charge is 0.490 e. The summed E-state index contributed by atoms with van der Waals surface area (Å²) >= 11 is 0. The first kappa shape index (κ1) is 25.3. The summed E-state index contributed by atoms with van der Waals surface area (Å²) in [7, 11) is 0. The normalized spacial score (nSPS) is 12.0. The van der Waals surface area contributed by atoms with Crippen LogP contribution in [0.2, 0.25) is 0 Å². The molecule has 3 aromatic rings. The van der Waals surface area contributed by atoms with Gasteiger partial charge in [0.05, 0.1) is 24.8 Å². The quantitative estimate of drug-likeness (QED) is 0.372. The number of pyridine rings is 1. The van der Waals surface area contributed by atoms with Crippen LogP contribution in [0.4, 0.5) is 11.4 Å². The highest BCUT2D eigenvalue weighted by Gasteiger charge is 2.18. The first-order chi connectivity index (χ1) is 16.4. The number of nitrogens with two attached hydrogens (primary N) is 1. The van der Waals surface area contributed by atoms with Crippen molar-refractivity contribution in [3.8, 4) is 11.5 Å². The van der Waals surface area contributed by atoms with Crippen LogP contribution in [0.1, 0.15) is 45.7 Å². The van der Waals surface area contributed by atoms with E-state index in [4.69, 9.17) is 15.2 Å². The molecule has 34 heavy (non-hydrogen) atoms. The van der Waals surface area contributed by atoms with Gasteiger partial charge in [0.25, 0.3) is 0 Å². The number of benzene rings is 2. The van der Waals surface area contributed by atoms with Gasteiger partial charge in [0, 0.05) is 35.6 Å². The molecule has 0 saturated carbocycles. The summed E-state index contributed by atoms with van der Waals surface area (Å²) in [5.41, 5.74) is 10.9. The minimum Gasteiger partial charge on any atom is -0.490 e. The molecule has 1 aromatic heterocycles. The number of rotatable bonds is 11. The second kappa shape index (κ2) is 11.7. The Morgan fingerprint density at radius 3 is 2.38 bits per heavy atom. The fourth-order valence-corrected chi connectivity index (χ4v) is 3.88. The highest BCUT2D eigenvalue weighted by Crippen LogP contribution is 2.36. The van der Waals surface area contributed by atoms with Crippen molar-refractivity contribution in [1.82, 2.24) is 10.3 Å². The van der Waals surface area contributed by atoms with Gasteiger partial charge in [-0.15, -0.1) is 0 Å². The van der Waals surface area contributed by atoms with Crippen molar-refractivity contribution in [2.24, 2.45) is 11.7 Å². The molecule has 1 heterocycles. The fourth-order valence-electron chi connectivity index (χ4n) is 3.88. The van der Waals surface area contributed by atoms with E-state index in [2.05, 4.69) is 22.5 Å². The number of nitrogens with zero attached hydrogens (tertiary/aromatic N) is 1. The lowest BCUT2D eigenvalue weighted by atomic mass is 10.0. The van der Waals surface area contributed by atoms with E-state index in [1.54, 1.807) is 6.20 Å². The zero-order valence-corrected chi connectivity index (χ0v) is 20.8. The number of hydrogen-bond acceptors (Lipinski definition) is 6. The number of carbonyl (C=O) groups excluding carboxylic acids is 1. The van der Waals surface area contributed by atoms with E-state index in [0.29, 0.717) is 31.3 Å². The van der Waals surface area contributed by atoms with Crippen LogP contribution >= 0.6 is 0 Å². The molecule has 7 heteroatoms. The molecule has 0 radical (unpaired) electrons. The second-order valence-electron chi connectivity index (χ2n) is 8.45. The third-order valence-electron chi connectivity index (χ3n) is 5.78. The second-order valence-corrected chi connectivity index (χ2v) is 8.45. The minimum absolute atomic E-state index is 0.0865. The maximum atomic E-state index is 12.4. The number of anilines is 2. The maximum Gasteiger partial charge on any atom is 0.237 e. The minimum atomic E-state index is -0.518. The number of nitrogens with one attached hydrogen (secondary N) is 2. The van der Waals surface area contributed by atoms with Gasteiger partial charge in [-0.1, -0.05) is 32.9 Å². The molecule has 2 aromatic carbocycles. The van der Waals surface area contributed by atoms with Gasteiger partial charge in [0.2, 0.25) is 5.91 Å². The third kappa shape index (κ3) is 5.78. The lowest BCUT2D eigenvalue weighted by molar-refractivity contribution is -0.123. The first-order valence-corrected chi connectivity index (χ1v) is 12.0. The van der Waals surface area contributed by atoms with E-state index in [1.807, 2.05) is 64.1 Å². The van der Waals surface area contributed by atoms with Gasteiger partial charge in [0.15, 0.2) is 11.5 Å². The Balaban J connectivity index is 1.93. The van der Waals surface area contributed by atoms with Crippen LogP contribution in [0.15, 0.2) is 42.6 Å². The van der Waals surface area contributed by atoms with Crippen LogP contribution in [-0.2, 0) is 17.8 Å². The van der Waals surface area contributed by atoms with Gasteiger partial charge in [-0.25, -0.2) is 0 Å². The molecule has 7 nitrogen and oxygen atoms in total. The van der Waals surface area contributed by atoms with Crippen LogP contribution in [0.3, 0.4) is 0 Å². The number of fused-ring (bicyclic) bond motifs is 1. The van der Waals surface area contributed by atoms with Crippen molar-refractivity contribution >= 4 is 28.2 Å². The first-order valence-electron chi connectivity index (χ1n) is 12.0. The zero-order valence-electron chi connectivity index (χ0n) is 20.8. The number of hydrogen-bond donors (Lipinski definition) is 3. The smallest absolute Gasteiger partial charge is 0.237 e. The molecule has 4 N–H and O–H groups in total. The van der Waals surface area contributed by atoms with Crippen LogP contribution < -0.4 is 25.8 Å². The Hall–Kier alpha value is -3.32. The van der Waals surface area contributed by atoms with Crippen molar-refractivity contribution in [1.29, 1.82) is 0 Å². The molecule has 3 rings (SSSR count). The molecule has 0 aliphatic rings. The fraction of sp³-hybridized carbons (Fsp3) is 0.407. The summed E-state index contributed by atoms with van der Waals surface area (Å²) in [6.45, 7) is 11.4. The molecule has 0 aliphatic heterocycles. The molecule has 182 valence electrons. The molecular weight excluding hydrogens is 428 g/mol. The Morgan fingerprint density at radius 2 is 1.74 bits per heavy atom. The molecule has 1 amide bonds. The molecule has 0 spiro atoms. The number of aromatic nitrogens is 1. The van der Waals surface area contributed by atoms with Gasteiger partial charge >= 0.3 is 0 Å². The van der Waals surface area contributed by atoms with E-state index < -0.39 is 6.04 Å². The van der Waals surface area contributed by atoms with E-state index in [-0.39, 0.29) is 11.8 Å². The number of carbonyl (C=O) groups is 1. The summed E-state index contributed by atoms with van der Waals surface area (Å²) in [6.07, 6.45) is 2.59.